The van der Waals surface area contributed by atoms with Gasteiger partial charge in [0, 0.05) is 6.07 Å². The molecule has 0 radical (unpaired) electrons. The van der Waals surface area contributed by atoms with Gasteiger partial charge in [-0.1, -0.05) is 11.6 Å². The van der Waals surface area contributed by atoms with Crippen molar-refractivity contribution in [3.05, 3.63) is 57.1 Å². The van der Waals surface area contributed by atoms with Crippen LogP contribution in [-0.4, -0.2) is 12.0 Å². The average molecular weight is 348 g/mol. The van der Waals surface area contributed by atoms with E-state index in [-0.39, 0.29) is 22.9 Å². The summed E-state index contributed by atoms with van der Waals surface area (Å²) in [5.41, 5.74) is -1.38. The van der Waals surface area contributed by atoms with Gasteiger partial charge in [-0.2, -0.15) is 13.2 Å². The second-order valence-electron chi connectivity index (χ2n) is 4.37. The maximum Gasteiger partial charge on any atom is 0.417 e. The number of alkyl halides is 3. The van der Waals surface area contributed by atoms with E-state index in [0.29, 0.717) is 6.07 Å². The zero-order valence-electron chi connectivity index (χ0n) is 11.6. The zero-order valence-corrected chi connectivity index (χ0v) is 12.3. The summed E-state index contributed by atoms with van der Waals surface area (Å²) < 4.78 is 48.6. The van der Waals surface area contributed by atoms with Crippen LogP contribution < -0.4 is 9.47 Å². The van der Waals surface area contributed by atoms with E-state index in [9.17, 15) is 23.3 Å². The van der Waals surface area contributed by atoms with Gasteiger partial charge in [0.1, 0.15) is 17.2 Å². The molecule has 0 saturated heterocycles. The van der Waals surface area contributed by atoms with Crippen LogP contribution in [0.1, 0.15) is 5.56 Å². The number of nitro benzene ring substituents is 1. The highest BCUT2D eigenvalue weighted by Gasteiger charge is 2.33. The molecule has 0 amide bonds. The van der Waals surface area contributed by atoms with Gasteiger partial charge in [-0.25, -0.2) is 0 Å². The second-order valence-corrected chi connectivity index (χ2v) is 4.77. The molecule has 5 nitrogen and oxygen atoms in total. The van der Waals surface area contributed by atoms with E-state index in [1.54, 1.807) is 0 Å². The van der Waals surface area contributed by atoms with Gasteiger partial charge in [0.15, 0.2) is 0 Å². The number of methoxy groups -OCH3 is 1. The fourth-order valence-electron chi connectivity index (χ4n) is 1.76. The van der Waals surface area contributed by atoms with Crippen LogP contribution in [0.4, 0.5) is 18.9 Å². The minimum Gasteiger partial charge on any atom is -0.496 e. The molecular weight excluding hydrogens is 339 g/mol. The predicted molar refractivity (Wildman–Crippen MR) is 76.2 cm³/mol. The van der Waals surface area contributed by atoms with Crippen molar-refractivity contribution in [2.75, 3.05) is 7.11 Å². The SMILES string of the molecule is COc1cc(Oc2ccc(Cl)c(C(F)(F)F)c2)cc([N+](=O)[O-])c1. The predicted octanol–water partition coefficient (Wildman–Crippen LogP) is 5.07. The molecule has 0 spiro atoms. The molecule has 0 aliphatic heterocycles. The Bertz CT molecular complexity index is 749. The summed E-state index contributed by atoms with van der Waals surface area (Å²) in [6, 6.07) is 6.53. The van der Waals surface area contributed by atoms with Gasteiger partial charge >= 0.3 is 6.18 Å². The Morgan fingerprint density at radius 3 is 2.30 bits per heavy atom. The lowest BCUT2D eigenvalue weighted by atomic mass is 10.2. The first-order valence-electron chi connectivity index (χ1n) is 6.09. The Morgan fingerprint density at radius 2 is 1.74 bits per heavy atom. The molecule has 9 heteroatoms. The van der Waals surface area contributed by atoms with Crippen molar-refractivity contribution >= 4 is 17.3 Å². The lowest BCUT2D eigenvalue weighted by Crippen LogP contribution is -2.05. The van der Waals surface area contributed by atoms with Crippen LogP contribution in [0.5, 0.6) is 17.2 Å². The fraction of sp³-hybridized carbons (Fsp3) is 0.143. The van der Waals surface area contributed by atoms with Crippen LogP contribution in [0.3, 0.4) is 0 Å². The first kappa shape index (κ1) is 16.9. The van der Waals surface area contributed by atoms with E-state index < -0.39 is 21.7 Å². The van der Waals surface area contributed by atoms with Crippen molar-refractivity contribution in [2.45, 2.75) is 6.18 Å². The van der Waals surface area contributed by atoms with Crippen LogP contribution in [0.25, 0.3) is 0 Å². The molecule has 0 atom stereocenters. The van der Waals surface area contributed by atoms with E-state index in [2.05, 4.69) is 0 Å². The molecule has 2 aromatic carbocycles. The number of halogens is 4. The lowest BCUT2D eigenvalue weighted by Gasteiger charge is -2.12. The number of hydrogen-bond donors (Lipinski definition) is 0. The molecule has 0 fully saturated rings. The van der Waals surface area contributed by atoms with Gasteiger partial charge in [-0.3, -0.25) is 10.1 Å². The van der Waals surface area contributed by atoms with Crippen molar-refractivity contribution in [2.24, 2.45) is 0 Å². The zero-order chi connectivity index (χ0) is 17.2. The number of nitro groups is 1. The molecular formula is C14H9ClF3NO4. The number of ether oxygens (including phenoxy) is 2. The standard InChI is InChI=1S/C14H9ClF3NO4/c1-22-10-4-8(19(20)21)5-11(6-10)23-9-2-3-13(15)12(7-9)14(16,17)18/h2-7H,1H3. The first-order valence-corrected chi connectivity index (χ1v) is 6.46. The maximum absolute atomic E-state index is 12.8. The third kappa shape index (κ3) is 4.04. The summed E-state index contributed by atoms with van der Waals surface area (Å²) in [6.45, 7) is 0. The molecule has 0 aliphatic rings. The van der Waals surface area contributed by atoms with Crippen LogP contribution in [-0.2, 0) is 6.18 Å². The molecule has 2 aromatic rings. The smallest absolute Gasteiger partial charge is 0.417 e. The average Bonchev–Trinajstić information content (AvgIpc) is 2.47. The van der Waals surface area contributed by atoms with E-state index in [1.165, 1.54) is 19.2 Å². The van der Waals surface area contributed by atoms with Gasteiger partial charge < -0.3 is 9.47 Å². The Balaban J connectivity index is 2.39. The van der Waals surface area contributed by atoms with Gasteiger partial charge in [0.05, 0.1) is 34.8 Å². The van der Waals surface area contributed by atoms with E-state index in [4.69, 9.17) is 21.1 Å². The fourth-order valence-corrected chi connectivity index (χ4v) is 1.98. The third-order valence-corrected chi connectivity index (χ3v) is 3.12. The molecule has 122 valence electrons. The Kier molecular flexibility index (Phi) is 4.65. The molecule has 0 bridgehead atoms. The number of benzene rings is 2. The van der Waals surface area contributed by atoms with Crippen molar-refractivity contribution in [3.63, 3.8) is 0 Å². The molecule has 0 heterocycles. The normalized spacial score (nSPS) is 11.2. The summed E-state index contributed by atoms with van der Waals surface area (Å²) in [4.78, 5) is 10.2. The highest BCUT2D eigenvalue weighted by molar-refractivity contribution is 6.31. The summed E-state index contributed by atoms with van der Waals surface area (Å²) in [5.74, 6) is -0.0602. The van der Waals surface area contributed by atoms with E-state index in [1.807, 2.05) is 0 Å². The largest absolute Gasteiger partial charge is 0.496 e. The molecule has 0 aromatic heterocycles. The van der Waals surface area contributed by atoms with Crippen LogP contribution >= 0.6 is 11.6 Å². The van der Waals surface area contributed by atoms with Crippen LogP contribution in [0, 0.1) is 10.1 Å². The molecule has 0 saturated carbocycles. The summed E-state index contributed by atoms with van der Waals surface area (Å²) in [6.07, 6.45) is -4.64. The third-order valence-electron chi connectivity index (χ3n) is 2.79. The molecule has 0 unspecified atom stereocenters. The van der Waals surface area contributed by atoms with E-state index in [0.717, 1.165) is 18.2 Å². The Labute approximate surface area is 133 Å². The molecule has 0 aliphatic carbocycles. The number of hydrogen-bond acceptors (Lipinski definition) is 4. The Hall–Kier alpha value is -2.48. The van der Waals surface area contributed by atoms with Gasteiger partial charge in [0.2, 0.25) is 0 Å². The van der Waals surface area contributed by atoms with E-state index >= 15 is 0 Å². The lowest BCUT2D eigenvalue weighted by molar-refractivity contribution is -0.385. The van der Waals surface area contributed by atoms with Crippen LogP contribution in [0.15, 0.2) is 36.4 Å². The second kappa shape index (κ2) is 6.33. The topological polar surface area (TPSA) is 61.6 Å². The highest BCUT2D eigenvalue weighted by Crippen LogP contribution is 2.38. The summed E-state index contributed by atoms with van der Waals surface area (Å²) in [7, 11) is 1.30. The monoisotopic (exact) mass is 347 g/mol. The molecule has 2 rings (SSSR count). The summed E-state index contributed by atoms with van der Waals surface area (Å²) in [5, 5.41) is 10.4. The van der Waals surface area contributed by atoms with Gasteiger partial charge in [-0.15, -0.1) is 0 Å². The Morgan fingerprint density at radius 1 is 1.09 bits per heavy atom. The quantitative estimate of drug-likeness (QED) is 0.572. The summed E-state index contributed by atoms with van der Waals surface area (Å²) >= 11 is 5.51. The first-order chi connectivity index (χ1) is 10.7. The molecule has 23 heavy (non-hydrogen) atoms. The van der Waals surface area contributed by atoms with Crippen molar-refractivity contribution < 1.29 is 27.6 Å². The molecule has 0 N–H and O–H groups in total. The minimum absolute atomic E-state index is 0.0357. The van der Waals surface area contributed by atoms with Crippen molar-refractivity contribution in [3.8, 4) is 17.2 Å². The minimum atomic E-state index is -4.64. The van der Waals surface area contributed by atoms with Gasteiger partial charge in [-0.05, 0) is 18.2 Å². The van der Waals surface area contributed by atoms with Crippen molar-refractivity contribution in [1.29, 1.82) is 0 Å². The number of rotatable bonds is 4. The van der Waals surface area contributed by atoms with Crippen LogP contribution in [0.2, 0.25) is 5.02 Å². The highest BCUT2D eigenvalue weighted by atomic mass is 35.5. The number of non-ortho nitro benzene ring substituents is 1. The van der Waals surface area contributed by atoms with Crippen molar-refractivity contribution in [1.82, 2.24) is 0 Å². The number of nitrogens with zero attached hydrogens (tertiary/aromatic N) is 1. The van der Waals surface area contributed by atoms with Gasteiger partial charge in [0.25, 0.3) is 5.69 Å². The maximum atomic E-state index is 12.8.